The van der Waals surface area contributed by atoms with Gasteiger partial charge >= 0.3 is 0 Å². The molecule has 0 saturated heterocycles. The number of Topliss-reactive ketones (excluding diaryl/α,β-unsaturated/α-hetero) is 1. The first kappa shape index (κ1) is 20.7. The standard InChI is InChI=1S/C23H27NO5/c1-16(3-4-17-5-8-19(27-2)9-6-17)24-23(26)12-10-20(25)18-7-11-21-22(15-18)29-14-13-28-21/h5-9,11,15-16H,3-4,10,12-14H2,1-2H3,(H,24,26). The van der Waals surface area contributed by atoms with Crippen molar-refractivity contribution in [1.82, 2.24) is 5.32 Å². The maximum Gasteiger partial charge on any atom is 0.220 e. The third-order valence-corrected chi connectivity index (χ3v) is 4.88. The first-order valence-electron chi connectivity index (χ1n) is 9.90. The van der Waals surface area contributed by atoms with Crippen molar-refractivity contribution in [3.05, 3.63) is 53.6 Å². The maximum absolute atomic E-state index is 12.4. The maximum atomic E-state index is 12.4. The van der Waals surface area contributed by atoms with Gasteiger partial charge in [-0.05, 0) is 55.7 Å². The van der Waals surface area contributed by atoms with Crippen LogP contribution in [0.2, 0.25) is 0 Å². The molecule has 2 aromatic rings. The van der Waals surface area contributed by atoms with E-state index < -0.39 is 0 Å². The molecule has 29 heavy (non-hydrogen) atoms. The number of hydrogen-bond acceptors (Lipinski definition) is 5. The van der Waals surface area contributed by atoms with Crippen LogP contribution in [0.4, 0.5) is 0 Å². The number of benzene rings is 2. The molecule has 0 aliphatic carbocycles. The summed E-state index contributed by atoms with van der Waals surface area (Å²) in [6, 6.07) is 13.1. The molecule has 154 valence electrons. The van der Waals surface area contributed by atoms with Crippen LogP contribution in [0.15, 0.2) is 42.5 Å². The minimum absolute atomic E-state index is 0.0361. The molecule has 3 rings (SSSR count). The Morgan fingerprint density at radius 1 is 1.03 bits per heavy atom. The summed E-state index contributed by atoms with van der Waals surface area (Å²) in [5.41, 5.74) is 1.73. The fourth-order valence-electron chi connectivity index (χ4n) is 3.18. The number of ketones is 1. The first-order chi connectivity index (χ1) is 14.0. The normalized spacial score (nSPS) is 13.4. The van der Waals surface area contributed by atoms with Gasteiger partial charge in [0.15, 0.2) is 17.3 Å². The smallest absolute Gasteiger partial charge is 0.220 e. The number of carbonyl (C=O) groups is 2. The third kappa shape index (κ3) is 5.98. The summed E-state index contributed by atoms with van der Waals surface area (Å²) in [4.78, 5) is 24.6. The first-order valence-corrected chi connectivity index (χ1v) is 9.90. The second kappa shape index (κ2) is 9.96. The fourth-order valence-corrected chi connectivity index (χ4v) is 3.18. The molecular weight excluding hydrogens is 370 g/mol. The van der Waals surface area contributed by atoms with Crippen LogP contribution in [-0.2, 0) is 11.2 Å². The molecule has 1 heterocycles. The minimum Gasteiger partial charge on any atom is -0.497 e. The average molecular weight is 397 g/mol. The van der Waals surface area contributed by atoms with Crippen molar-refractivity contribution in [2.24, 2.45) is 0 Å². The molecule has 1 unspecified atom stereocenters. The third-order valence-electron chi connectivity index (χ3n) is 4.88. The molecule has 1 aliphatic rings. The van der Waals surface area contributed by atoms with Gasteiger partial charge in [0.25, 0.3) is 0 Å². The Bertz CT molecular complexity index is 847. The number of hydrogen-bond donors (Lipinski definition) is 1. The molecule has 0 bridgehead atoms. The monoisotopic (exact) mass is 397 g/mol. The molecule has 2 aromatic carbocycles. The molecule has 0 spiro atoms. The van der Waals surface area contributed by atoms with Crippen LogP contribution in [0.5, 0.6) is 17.2 Å². The van der Waals surface area contributed by atoms with Crippen molar-refractivity contribution in [3.63, 3.8) is 0 Å². The van der Waals surface area contributed by atoms with Crippen molar-refractivity contribution >= 4 is 11.7 Å². The zero-order valence-electron chi connectivity index (χ0n) is 16.9. The zero-order chi connectivity index (χ0) is 20.6. The van der Waals surface area contributed by atoms with Gasteiger partial charge in [0.1, 0.15) is 19.0 Å². The summed E-state index contributed by atoms with van der Waals surface area (Å²) in [6.45, 7) is 2.96. The van der Waals surface area contributed by atoms with E-state index in [1.807, 2.05) is 31.2 Å². The van der Waals surface area contributed by atoms with Crippen LogP contribution >= 0.6 is 0 Å². The van der Waals surface area contributed by atoms with Crippen molar-refractivity contribution in [2.45, 2.75) is 38.6 Å². The summed E-state index contributed by atoms with van der Waals surface area (Å²) >= 11 is 0. The van der Waals surface area contributed by atoms with Crippen LogP contribution in [-0.4, -0.2) is 38.1 Å². The van der Waals surface area contributed by atoms with Crippen molar-refractivity contribution in [2.75, 3.05) is 20.3 Å². The number of fused-ring (bicyclic) bond motifs is 1. The molecule has 1 atom stereocenters. The van der Waals surface area contributed by atoms with Gasteiger partial charge in [-0.3, -0.25) is 9.59 Å². The van der Waals surface area contributed by atoms with Crippen molar-refractivity contribution in [1.29, 1.82) is 0 Å². The Kier molecular flexibility index (Phi) is 7.11. The van der Waals surface area contributed by atoms with E-state index in [0.29, 0.717) is 30.3 Å². The van der Waals surface area contributed by atoms with E-state index in [1.165, 1.54) is 5.56 Å². The highest BCUT2D eigenvalue weighted by molar-refractivity contribution is 5.98. The summed E-state index contributed by atoms with van der Waals surface area (Å²) in [6.07, 6.45) is 2.02. The Morgan fingerprint density at radius 2 is 1.76 bits per heavy atom. The highest BCUT2D eigenvalue weighted by Gasteiger charge is 2.16. The number of methoxy groups -OCH3 is 1. The molecular formula is C23H27NO5. The van der Waals surface area contributed by atoms with Crippen LogP contribution in [0.25, 0.3) is 0 Å². The highest BCUT2D eigenvalue weighted by atomic mass is 16.6. The van der Waals surface area contributed by atoms with Crippen molar-refractivity contribution in [3.8, 4) is 17.2 Å². The fraction of sp³-hybridized carbons (Fsp3) is 0.391. The van der Waals surface area contributed by atoms with Gasteiger partial charge < -0.3 is 19.5 Å². The lowest BCUT2D eigenvalue weighted by atomic mass is 10.0. The van der Waals surface area contributed by atoms with E-state index in [1.54, 1.807) is 25.3 Å². The molecule has 1 aliphatic heterocycles. The lowest BCUT2D eigenvalue weighted by molar-refractivity contribution is -0.121. The van der Waals surface area contributed by atoms with Crippen LogP contribution in [0.1, 0.15) is 42.1 Å². The van der Waals surface area contributed by atoms with Crippen molar-refractivity contribution < 1.29 is 23.8 Å². The van der Waals surface area contributed by atoms with Gasteiger partial charge in [-0.25, -0.2) is 0 Å². The lowest BCUT2D eigenvalue weighted by Gasteiger charge is -2.18. The predicted molar refractivity (Wildman–Crippen MR) is 110 cm³/mol. The number of amides is 1. The second-order valence-electron chi connectivity index (χ2n) is 7.14. The Balaban J connectivity index is 1.41. The number of ether oxygens (including phenoxy) is 3. The Hall–Kier alpha value is -3.02. The molecule has 1 amide bonds. The summed E-state index contributed by atoms with van der Waals surface area (Å²) in [5.74, 6) is 1.87. The molecule has 0 fully saturated rings. The average Bonchev–Trinajstić information content (AvgIpc) is 2.76. The van der Waals surface area contributed by atoms with Gasteiger partial charge in [-0.15, -0.1) is 0 Å². The zero-order valence-corrected chi connectivity index (χ0v) is 16.9. The number of nitrogens with one attached hydrogen (secondary N) is 1. The summed E-state index contributed by atoms with van der Waals surface area (Å²) in [7, 11) is 1.64. The van der Waals surface area contributed by atoms with Gasteiger partial charge in [0, 0.05) is 24.4 Å². The molecule has 0 saturated carbocycles. The van der Waals surface area contributed by atoms with Gasteiger partial charge in [0.05, 0.1) is 7.11 Å². The van der Waals surface area contributed by atoms with Crippen LogP contribution < -0.4 is 19.5 Å². The van der Waals surface area contributed by atoms with E-state index in [0.717, 1.165) is 18.6 Å². The SMILES string of the molecule is COc1ccc(CCC(C)NC(=O)CCC(=O)c2ccc3c(c2)OCCO3)cc1. The summed E-state index contributed by atoms with van der Waals surface area (Å²) in [5, 5.41) is 2.97. The Labute approximate surface area is 171 Å². The largest absolute Gasteiger partial charge is 0.497 e. The van der Waals surface area contributed by atoms with E-state index in [-0.39, 0.29) is 30.6 Å². The van der Waals surface area contributed by atoms with Gasteiger partial charge in [-0.1, -0.05) is 12.1 Å². The molecule has 6 heteroatoms. The predicted octanol–water partition coefficient (Wildman–Crippen LogP) is 3.57. The lowest BCUT2D eigenvalue weighted by Crippen LogP contribution is -2.33. The molecule has 1 N–H and O–H groups in total. The van der Waals surface area contributed by atoms with E-state index in [9.17, 15) is 9.59 Å². The Morgan fingerprint density at radius 3 is 2.48 bits per heavy atom. The van der Waals surface area contributed by atoms with E-state index >= 15 is 0 Å². The summed E-state index contributed by atoms with van der Waals surface area (Å²) < 4.78 is 16.1. The van der Waals surface area contributed by atoms with Gasteiger partial charge in [-0.2, -0.15) is 0 Å². The van der Waals surface area contributed by atoms with Crippen LogP contribution in [0, 0.1) is 0 Å². The van der Waals surface area contributed by atoms with E-state index in [4.69, 9.17) is 14.2 Å². The quantitative estimate of drug-likeness (QED) is 0.655. The number of aryl methyl sites for hydroxylation is 1. The molecule has 0 aromatic heterocycles. The van der Waals surface area contributed by atoms with Crippen LogP contribution in [0.3, 0.4) is 0 Å². The molecule has 6 nitrogen and oxygen atoms in total. The highest BCUT2D eigenvalue weighted by Crippen LogP contribution is 2.31. The van der Waals surface area contributed by atoms with Gasteiger partial charge in [0.2, 0.25) is 5.91 Å². The second-order valence-corrected chi connectivity index (χ2v) is 7.14. The minimum atomic E-state index is -0.113. The molecule has 0 radical (unpaired) electrons. The number of rotatable bonds is 9. The number of carbonyl (C=O) groups excluding carboxylic acids is 2. The topological polar surface area (TPSA) is 73.9 Å². The van der Waals surface area contributed by atoms with E-state index in [2.05, 4.69) is 5.32 Å².